The van der Waals surface area contributed by atoms with Crippen LogP contribution in [0.4, 0.5) is 8.78 Å². The Hall–Kier alpha value is -1.54. The second-order valence-corrected chi connectivity index (χ2v) is 6.02. The Morgan fingerprint density at radius 1 is 1.45 bits per heavy atom. The second kappa shape index (κ2) is 6.70. The number of aromatic nitrogens is 3. The molecule has 2 aromatic rings. The van der Waals surface area contributed by atoms with E-state index in [1.165, 1.54) is 0 Å². The summed E-state index contributed by atoms with van der Waals surface area (Å²) < 4.78 is 32.2. The van der Waals surface area contributed by atoms with Gasteiger partial charge in [0.1, 0.15) is 17.9 Å². The minimum absolute atomic E-state index is 0.197. The van der Waals surface area contributed by atoms with Crippen molar-refractivity contribution in [3.05, 3.63) is 40.4 Å². The van der Waals surface area contributed by atoms with Gasteiger partial charge in [-0.3, -0.25) is 0 Å². The van der Waals surface area contributed by atoms with Gasteiger partial charge in [0.2, 0.25) is 0 Å². The number of ether oxygens (including phenoxy) is 1. The van der Waals surface area contributed by atoms with Crippen molar-refractivity contribution >= 4 is 15.9 Å². The number of alkyl halides is 2. The van der Waals surface area contributed by atoms with Crippen LogP contribution in [0.5, 0.6) is 5.75 Å². The average molecular weight is 373 g/mol. The lowest BCUT2D eigenvalue weighted by atomic mass is 10.1. The molecule has 0 amide bonds. The minimum Gasteiger partial charge on any atom is -0.434 e. The molecule has 3 rings (SSSR count). The van der Waals surface area contributed by atoms with E-state index in [1.807, 2.05) is 4.68 Å². The maximum atomic E-state index is 12.5. The number of halogens is 3. The molecule has 2 heterocycles. The molecule has 1 unspecified atom stereocenters. The first-order valence-electron chi connectivity index (χ1n) is 6.95. The Labute approximate surface area is 134 Å². The number of hydrogen-bond donors (Lipinski definition) is 1. The fraction of sp³-hybridized carbons (Fsp3) is 0.429. The Kier molecular flexibility index (Phi) is 4.68. The molecule has 0 fully saturated rings. The number of benzene rings is 1. The van der Waals surface area contributed by atoms with Gasteiger partial charge < -0.3 is 10.1 Å². The highest BCUT2D eigenvalue weighted by atomic mass is 79.9. The highest BCUT2D eigenvalue weighted by Gasteiger charge is 2.20. The quantitative estimate of drug-likeness (QED) is 0.876. The summed E-state index contributed by atoms with van der Waals surface area (Å²) in [7, 11) is 0. The van der Waals surface area contributed by atoms with Crippen molar-refractivity contribution in [3.8, 4) is 5.75 Å². The molecule has 1 N–H and O–H groups in total. The lowest BCUT2D eigenvalue weighted by Gasteiger charge is -2.24. The van der Waals surface area contributed by atoms with Crippen molar-refractivity contribution < 1.29 is 13.5 Å². The third-order valence-electron chi connectivity index (χ3n) is 3.63. The van der Waals surface area contributed by atoms with E-state index in [2.05, 4.69) is 36.1 Å². The van der Waals surface area contributed by atoms with Crippen LogP contribution in [0.25, 0.3) is 0 Å². The Morgan fingerprint density at radius 3 is 3.14 bits per heavy atom. The van der Waals surface area contributed by atoms with E-state index in [9.17, 15) is 8.78 Å². The van der Waals surface area contributed by atoms with E-state index in [-0.39, 0.29) is 11.8 Å². The van der Waals surface area contributed by atoms with Gasteiger partial charge in [0.05, 0.1) is 6.54 Å². The van der Waals surface area contributed by atoms with Crippen molar-refractivity contribution in [2.24, 2.45) is 0 Å². The third kappa shape index (κ3) is 3.61. The number of fused-ring (bicyclic) bond motifs is 1. The van der Waals surface area contributed by atoms with Gasteiger partial charge in [-0.05, 0) is 24.6 Å². The topological polar surface area (TPSA) is 52.0 Å². The van der Waals surface area contributed by atoms with Gasteiger partial charge >= 0.3 is 6.61 Å². The fourth-order valence-corrected chi connectivity index (χ4v) is 2.96. The predicted molar refractivity (Wildman–Crippen MR) is 79.7 cm³/mol. The van der Waals surface area contributed by atoms with Crippen LogP contribution in [0.2, 0.25) is 0 Å². The first-order chi connectivity index (χ1) is 10.6. The first-order valence-corrected chi connectivity index (χ1v) is 7.74. The SMILES string of the molecule is FC(F)Oc1ccc(Br)cc1CNC1CCc2ncnn2C1. The Bertz CT molecular complexity index is 650. The van der Waals surface area contributed by atoms with E-state index >= 15 is 0 Å². The van der Waals surface area contributed by atoms with Gasteiger partial charge in [0.15, 0.2) is 0 Å². The number of nitrogens with one attached hydrogen (secondary N) is 1. The van der Waals surface area contributed by atoms with Crippen LogP contribution in [-0.2, 0) is 19.5 Å². The van der Waals surface area contributed by atoms with E-state index < -0.39 is 6.61 Å². The fourth-order valence-electron chi connectivity index (χ4n) is 2.56. The van der Waals surface area contributed by atoms with Crippen LogP contribution in [0, 0.1) is 0 Å². The molecule has 22 heavy (non-hydrogen) atoms. The molecule has 0 saturated heterocycles. The molecule has 0 saturated carbocycles. The first kappa shape index (κ1) is 15.4. The molecule has 0 bridgehead atoms. The molecule has 1 atom stereocenters. The molecule has 0 radical (unpaired) electrons. The van der Waals surface area contributed by atoms with Crippen LogP contribution < -0.4 is 10.1 Å². The van der Waals surface area contributed by atoms with Gasteiger partial charge in [0, 0.05) is 29.0 Å². The van der Waals surface area contributed by atoms with Gasteiger partial charge in [0.25, 0.3) is 0 Å². The average Bonchev–Trinajstić information content (AvgIpc) is 2.94. The number of rotatable bonds is 5. The highest BCUT2D eigenvalue weighted by Crippen LogP contribution is 2.25. The summed E-state index contributed by atoms with van der Waals surface area (Å²) in [4.78, 5) is 4.18. The van der Waals surface area contributed by atoms with Crippen molar-refractivity contribution in [2.75, 3.05) is 0 Å². The minimum atomic E-state index is -2.83. The largest absolute Gasteiger partial charge is 0.434 e. The van der Waals surface area contributed by atoms with Crippen molar-refractivity contribution in [1.29, 1.82) is 0 Å². The van der Waals surface area contributed by atoms with Crippen LogP contribution >= 0.6 is 15.9 Å². The Morgan fingerprint density at radius 2 is 2.32 bits per heavy atom. The van der Waals surface area contributed by atoms with E-state index in [0.717, 1.165) is 29.7 Å². The monoisotopic (exact) mass is 372 g/mol. The molecule has 118 valence electrons. The normalized spacial score (nSPS) is 17.5. The van der Waals surface area contributed by atoms with Crippen LogP contribution in [0.3, 0.4) is 0 Å². The lowest BCUT2D eigenvalue weighted by Crippen LogP contribution is -2.37. The van der Waals surface area contributed by atoms with Crippen LogP contribution in [0.1, 0.15) is 17.8 Å². The number of aryl methyl sites for hydroxylation is 1. The predicted octanol–water partition coefficient (Wildman–Crippen LogP) is 2.75. The molecule has 1 aromatic carbocycles. The van der Waals surface area contributed by atoms with Crippen LogP contribution in [0.15, 0.2) is 29.0 Å². The zero-order valence-corrected chi connectivity index (χ0v) is 13.3. The summed E-state index contributed by atoms with van der Waals surface area (Å²) >= 11 is 3.35. The van der Waals surface area contributed by atoms with Gasteiger partial charge in [-0.1, -0.05) is 15.9 Å². The highest BCUT2D eigenvalue weighted by molar-refractivity contribution is 9.10. The smallest absolute Gasteiger partial charge is 0.387 e. The Balaban J connectivity index is 1.65. The second-order valence-electron chi connectivity index (χ2n) is 5.11. The van der Waals surface area contributed by atoms with Crippen molar-refractivity contribution in [1.82, 2.24) is 20.1 Å². The summed E-state index contributed by atoms with van der Waals surface area (Å²) in [5.74, 6) is 1.19. The molecule has 0 aliphatic carbocycles. The molecule has 5 nitrogen and oxygen atoms in total. The van der Waals surface area contributed by atoms with E-state index in [0.29, 0.717) is 12.1 Å². The van der Waals surface area contributed by atoms with Gasteiger partial charge in [-0.15, -0.1) is 0 Å². The standard InChI is InChI=1S/C14H15BrF2N4O/c15-10-1-3-12(22-14(16)17)9(5-10)6-18-11-2-4-13-19-8-20-21(13)7-11/h1,3,5,8,11,14,18H,2,4,6-7H2. The number of nitrogens with zero attached hydrogens (tertiary/aromatic N) is 3. The summed E-state index contributed by atoms with van der Waals surface area (Å²) in [5, 5.41) is 7.54. The van der Waals surface area contributed by atoms with E-state index in [4.69, 9.17) is 0 Å². The summed E-state index contributed by atoms with van der Waals surface area (Å²) in [6.45, 7) is -1.64. The molecule has 8 heteroatoms. The molecular formula is C14H15BrF2N4O. The molecular weight excluding hydrogens is 358 g/mol. The molecule has 1 aromatic heterocycles. The molecule has 1 aliphatic rings. The molecule has 0 spiro atoms. The maximum absolute atomic E-state index is 12.5. The summed E-state index contributed by atoms with van der Waals surface area (Å²) in [6.07, 6.45) is 3.36. The van der Waals surface area contributed by atoms with Crippen molar-refractivity contribution in [3.63, 3.8) is 0 Å². The lowest BCUT2D eigenvalue weighted by molar-refractivity contribution is -0.0505. The van der Waals surface area contributed by atoms with Gasteiger partial charge in [-0.25, -0.2) is 9.67 Å². The van der Waals surface area contributed by atoms with Crippen LogP contribution in [-0.4, -0.2) is 27.4 Å². The summed E-state index contributed by atoms with van der Waals surface area (Å²) in [6, 6.07) is 5.24. The maximum Gasteiger partial charge on any atom is 0.387 e. The number of hydrogen-bond acceptors (Lipinski definition) is 4. The van der Waals surface area contributed by atoms with Gasteiger partial charge in [-0.2, -0.15) is 13.9 Å². The van der Waals surface area contributed by atoms with Crippen molar-refractivity contribution in [2.45, 2.75) is 38.6 Å². The summed E-state index contributed by atoms with van der Waals surface area (Å²) in [5.41, 5.74) is 0.694. The third-order valence-corrected chi connectivity index (χ3v) is 4.12. The molecule has 1 aliphatic heterocycles. The zero-order chi connectivity index (χ0) is 15.5. The zero-order valence-electron chi connectivity index (χ0n) is 11.7. The van der Waals surface area contributed by atoms with E-state index in [1.54, 1.807) is 24.5 Å².